The average molecular weight is 1140 g/mol. The van der Waals surface area contributed by atoms with E-state index in [2.05, 4.69) is 43.7 Å². The topological polar surface area (TPSA) is 234 Å². The molecule has 0 radical (unpaired) electrons. The summed E-state index contributed by atoms with van der Waals surface area (Å²) in [5.74, 6) is 4.38. The maximum Gasteiger partial charge on any atom is 0.251 e. The van der Waals surface area contributed by atoms with Gasteiger partial charge in [-0.25, -0.2) is 0 Å². The lowest BCUT2D eigenvalue weighted by Gasteiger charge is -2.22. The lowest BCUT2D eigenvalue weighted by molar-refractivity contribution is -0.139. The number of benzene rings is 6. The Morgan fingerprint density at radius 3 is 1.01 bits per heavy atom. The summed E-state index contributed by atoms with van der Waals surface area (Å²) < 4.78 is 10.4. The zero-order chi connectivity index (χ0) is 59.7. The minimum atomic E-state index is -0.410. The first kappa shape index (κ1) is 63.4. The molecule has 0 aromatic heterocycles. The van der Waals surface area contributed by atoms with Crippen LogP contribution in [0.15, 0.2) is 158 Å². The van der Waals surface area contributed by atoms with Crippen LogP contribution in [0.3, 0.4) is 0 Å². The highest BCUT2D eigenvalue weighted by atomic mass is 16.5. The summed E-state index contributed by atoms with van der Waals surface area (Å²) in [6, 6.07) is 47.8. The molecule has 0 saturated heterocycles. The molecule has 0 fully saturated rings. The van der Waals surface area contributed by atoms with Crippen molar-refractivity contribution >= 4 is 47.3 Å². The van der Waals surface area contributed by atoms with Gasteiger partial charge in [-0.15, -0.1) is 0 Å². The van der Waals surface area contributed by atoms with Crippen molar-refractivity contribution < 1.29 is 47.8 Å². The number of rotatable bonds is 32. The number of ether oxygens (including phenoxy) is 2. The van der Waals surface area contributed by atoms with E-state index in [4.69, 9.17) is 9.47 Å². The van der Waals surface area contributed by atoms with Gasteiger partial charge in [0.25, 0.3) is 11.8 Å². The predicted molar refractivity (Wildman–Crippen MR) is 321 cm³/mol. The van der Waals surface area contributed by atoms with Crippen LogP contribution in [0.4, 0.5) is 0 Å². The van der Waals surface area contributed by atoms with E-state index in [1.807, 2.05) is 109 Å². The van der Waals surface area contributed by atoms with Crippen molar-refractivity contribution in [3.05, 3.63) is 202 Å². The molecule has 0 saturated carbocycles. The van der Waals surface area contributed by atoms with Gasteiger partial charge in [-0.1, -0.05) is 109 Å². The normalized spacial score (nSPS) is 10.5. The van der Waals surface area contributed by atoms with Crippen molar-refractivity contribution in [2.24, 2.45) is 0 Å². The average Bonchev–Trinajstić information content (AvgIpc) is 3.54. The van der Waals surface area contributed by atoms with E-state index in [0.29, 0.717) is 74.1 Å². The molecule has 0 aliphatic heterocycles. The molecular weight excluding hydrogens is 1060 g/mol. The fraction of sp³-hybridized carbons (Fsp3) is 0.303. The van der Waals surface area contributed by atoms with Gasteiger partial charge < -0.3 is 51.2 Å². The van der Waals surface area contributed by atoms with Crippen LogP contribution >= 0.6 is 0 Å². The van der Waals surface area contributed by atoms with Crippen LogP contribution in [-0.2, 0) is 54.5 Å². The number of hydrogen-bond acceptors (Lipinski definition) is 10. The van der Waals surface area contributed by atoms with E-state index in [0.717, 1.165) is 33.8 Å². The Labute approximate surface area is 491 Å². The second kappa shape index (κ2) is 35.2. The van der Waals surface area contributed by atoms with Crippen molar-refractivity contribution in [1.82, 2.24) is 41.7 Å². The van der Waals surface area contributed by atoms with Gasteiger partial charge in [0.2, 0.25) is 35.4 Å². The maximum atomic E-state index is 13.5. The summed E-state index contributed by atoms with van der Waals surface area (Å²) in [5.41, 5.74) is 5.86. The van der Waals surface area contributed by atoms with Crippen LogP contribution in [-0.4, -0.2) is 137 Å². The third-order valence-corrected chi connectivity index (χ3v) is 13.3. The molecule has 6 rings (SSSR count). The van der Waals surface area contributed by atoms with Crippen LogP contribution in [0.2, 0.25) is 0 Å². The maximum absolute atomic E-state index is 13.5. The van der Waals surface area contributed by atoms with Gasteiger partial charge in [0, 0.05) is 74.4 Å². The molecule has 18 heteroatoms. The summed E-state index contributed by atoms with van der Waals surface area (Å²) in [5, 5.41) is 17.0. The van der Waals surface area contributed by atoms with Crippen LogP contribution < -0.4 is 41.4 Å². The molecule has 0 unspecified atom stereocenters. The van der Waals surface area contributed by atoms with E-state index in [1.54, 1.807) is 62.8 Å². The molecular formula is C66H74N8O10. The molecule has 8 amide bonds. The summed E-state index contributed by atoms with van der Waals surface area (Å²) >= 11 is 0. The summed E-state index contributed by atoms with van der Waals surface area (Å²) in [4.78, 5) is 108. The van der Waals surface area contributed by atoms with Crippen molar-refractivity contribution in [2.75, 3.05) is 79.7 Å². The minimum absolute atomic E-state index is 0.0230. The summed E-state index contributed by atoms with van der Waals surface area (Å²) in [6.07, 6.45) is 2.79. The molecule has 0 aliphatic rings. The van der Waals surface area contributed by atoms with E-state index in [9.17, 15) is 38.4 Å². The second-order valence-corrected chi connectivity index (χ2v) is 19.7. The van der Waals surface area contributed by atoms with Crippen molar-refractivity contribution in [2.45, 2.75) is 51.4 Å². The molecule has 0 spiro atoms. The number of amides is 8. The molecule has 438 valence electrons. The number of carbonyl (C=O) groups excluding carboxylic acids is 8. The lowest BCUT2D eigenvalue weighted by Crippen LogP contribution is -2.46. The second-order valence-electron chi connectivity index (χ2n) is 19.7. The van der Waals surface area contributed by atoms with Gasteiger partial charge in [0.05, 0.1) is 14.2 Å². The first-order valence-electron chi connectivity index (χ1n) is 28.1. The SMILES string of the molecule is COc1ccc(CCNC(=O)CN(CC(=O)NCCc2ccccc2)C(=O)CCCNC(=O)c2cccc(C#Cc3cccc(C(=O)NCCCC(=O)N(CC(=O)NCCc4ccccc4)CC(=O)NCCc4ccc(OC)cc4)c3)c2)cc1. The third kappa shape index (κ3) is 23.4. The lowest BCUT2D eigenvalue weighted by atomic mass is 10.1. The highest BCUT2D eigenvalue weighted by Crippen LogP contribution is 2.14. The Kier molecular flexibility index (Phi) is 26.6. The number of hydrogen-bond donors (Lipinski definition) is 6. The Morgan fingerprint density at radius 2 is 0.690 bits per heavy atom. The standard InChI is InChI=1S/C66H74N8O10/c1-83-57-29-25-51(26-30-57)35-41-69-61(77)47-73(45-59(75)67-39-33-49-13-5-3-6-14-49)63(79)21-11-37-71-65(81)55-19-9-17-53(43-55)23-24-54-18-10-20-56(44-54)66(82)72-38-12-22-64(80)74(46-60(76)68-40-34-50-15-7-4-8-16-50)48-62(78)70-42-36-52-27-31-58(84-2)32-28-52/h3-10,13-20,25-32,43-44H,11-12,21-22,33-42,45-48H2,1-2H3,(H,67,75)(H,68,76)(H,69,77)(H,70,78)(H,71,81)(H,72,82). The Bertz CT molecular complexity index is 2970. The van der Waals surface area contributed by atoms with Gasteiger partial charge in [0.15, 0.2) is 0 Å². The van der Waals surface area contributed by atoms with Crippen molar-refractivity contribution in [3.63, 3.8) is 0 Å². The van der Waals surface area contributed by atoms with E-state index < -0.39 is 35.4 Å². The first-order valence-corrected chi connectivity index (χ1v) is 28.1. The first-order chi connectivity index (χ1) is 40.8. The van der Waals surface area contributed by atoms with Crippen LogP contribution in [0.25, 0.3) is 0 Å². The van der Waals surface area contributed by atoms with Gasteiger partial charge in [0.1, 0.15) is 37.7 Å². The van der Waals surface area contributed by atoms with E-state index >= 15 is 0 Å². The van der Waals surface area contributed by atoms with Gasteiger partial charge >= 0.3 is 0 Å². The molecule has 0 atom stereocenters. The van der Waals surface area contributed by atoms with E-state index in [-0.39, 0.29) is 76.8 Å². The quantitative estimate of drug-likeness (QED) is 0.0238. The van der Waals surface area contributed by atoms with Gasteiger partial charge in [-0.05, 0) is 121 Å². The monoisotopic (exact) mass is 1140 g/mol. The smallest absolute Gasteiger partial charge is 0.251 e. The molecule has 6 N–H and O–H groups in total. The fourth-order valence-corrected chi connectivity index (χ4v) is 8.66. The number of carbonyl (C=O) groups is 8. The fourth-order valence-electron chi connectivity index (χ4n) is 8.66. The highest BCUT2D eigenvalue weighted by Gasteiger charge is 2.22. The zero-order valence-corrected chi connectivity index (χ0v) is 47.7. The molecule has 84 heavy (non-hydrogen) atoms. The molecule has 0 aliphatic carbocycles. The Balaban J connectivity index is 0.946. The molecule has 0 bridgehead atoms. The van der Waals surface area contributed by atoms with Gasteiger partial charge in [-0.2, -0.15) is 0 Å². The molecule has 6 aromatic rings. The number of methoxy groups -OCH3 is 2. The molecule has 18 nitrogen and oxygen atoms in total. The van der Waals surface area contributed by atoms with Crippen molar-refractivity contribution in [1.29, 1.82) is 0 Å². The summed E-state index contributed by atoms with van der Waals surface area (Å²) in [6.45, 7) is 0.447. The van der Waals surface area contributed by atoms with E-state index in [1.165, 1.54) is 9.80 Å². The number of nitrogens with one attached hydrogen (secondary N) is 6. The largest absolute Gasteiger partial charge is 0.497 e. The Morgan fingerprint density at radius 1 is 0.369 bits per heavy atom. The van der Waals surface area contributed by atoms with Gasteiger partial charge in [-0.3, -0.25) is 38.4 Å². The van der Waals surface area contributed by atoms with Crippen LogP contribution in [0.1, 0.15) is 79.8 Å². The minimum Gasteiger partial charge on any atom is -0.497 e. The van der Waals surface area contributed by atoms with Crippen LogP contribution in [0, 0.1) is 11.8 Å². The van der Waals surface area contributed by atoms with Crippen LogP contribution in [0.5, 0.6) is 11.5 Å². The number of nitrogens with zero attached hydrogens (tertiary/aromatic N) is 2. The summed E-state index contributed by atoms with van der Waals surface area (Å²) in [7, 11) is 3.18. The predicted octanol–water partition coefficient (Wildman–Crippen LogP) is 5.22. The van der Waals surface area contributed by atoms with Crippen molar-refractivity contribution in [3.8, 4) is 23.3 Å². The zero-order valence-electron chi connectivity index (χ0n) is 47.7. The Hall–Kier alpha value is -9.76. The highest BCUT2D eigenvalue weighted by molar-refractivity contribution is 5.95. The molecule has 0 heterocycles. The third-order valence-electron chi connectivity index (χ3n) is 13.3. The molecule has 6 aromatic carbocycles.